The van der Waals surface area contributed by atoms with Gasteiger partial charge in [-0.05, 0) is 12.1 Å². The van der Waals surface area contributed by atoms with Crippen molar-refractivity contribution in [1.29, 1.82) is 0 Å². The summed E-state index contributed by atoms with van der Waals surface area (Å²) in [5.74, 6) is 0. The third-order valence-corrected chi connectivity index (χ3v) is 2.73. The largest absolute Gasteiger partial charge is 0.326 e. The number of nitro benzene ring substituents is 1. The van der Waals surface area contributed by atoms with Crippen molar-refractivity contribution in [2.75, 3.05) is 0 Å². The van der Waals surface area contributed by atoms with Gasteiger partial charge in [0.2, 0.25) is 0 Å². The molecular weight excluding hydrogens is 256 g/mol. The molecule has 0 aliphatic carbocycles. The van der Waals surface area contributed by atoms with Gasteiger partial charge in [-0.1, -0.05) is 11.6 Å². The highest BCUT2D eigenvalue weighted by molar-refractivity contribution is 6.30. The molecule has 0 unspecified atom stereocenters. The molecule has 0 aliphatic heterocycles. The number of halogens is 1. The van der Waals surface area contributed by atoms with Crippen molar-refractivity contribution < 1.29 is 4.92 Å². The Morgan fingerprint density at radius 3 is 2.89 bits per heavy atom. The highest BCUT2D eigenvalue weighted by Crippen LogP contribution is 2.23. The average molecular weight is 267 g/mol. The number of benzene rings is 1. The van der Waals surface area contributed by atoms with Gasteiger partial charge in [-0.3, -0.25) is 14.8 Å². The number of nitrogens with two attached hydrogens (primary N) is 1. The zero-order valence-electron chi connectivity index (χ0n) is 9.41. The molecule has 2 N–H and O–H groups in total. The van der Waals surface area contributed by atoms with Crippen LogP contribution in [0.4, 0.5) is 5.69 Å². The Bertz CT molecular complexity index is 582. The minimum atomic E-state index is -0.432. The number of aromatic nitrogens is 2. The lowest BCUT2D eigenvalue weighted by Gasteiger charge is -2.04. The first-order chi connectivity index (χ1) is 8.60. The molecule has 0 bridgehead atoms. The van der Waals surface area contributed by atoms with Gasteiger partial charge in [-0.15, -0.1) is 0 Å². The molecular formula is C11H11ClN4O2. The third-order valence-electron chi connectivity index (χ3n) is 2.49. The van der Waals surface area contributed by atoms with Crippen LogP contribution >= 0.6 is 11.6 Å². The standard InChI is InChI=1S/C11H11ClN4O2/c12-10-1-2-11(16(17)18)9(3-10)7-15-6-8(4-13)5-14-15/h1-3,5-6H,4,7,13H2. The van der Waals surface area contributed by atoms with Crippen LogP contribution in [-0.2, 0) is 13.1 Å². The summed E-state index contributed by atoms with van der Waals surface area (Å²) >= 11 is 5.85. The van der Waals surface area contributed by atoms with E-state index in [0.717, 1.165) is 5.56 Å². The van der Waals surface area contributed by atoms with Crippen LogP contribution in [-0.4, -0.2) is 14.7 Å². The molecule has 0 atom stereocenters. The normalized spacial score (nSPS) is 10.6. The van der Waals surface area contributed by atoms with Gasteiger partial charge in [0, 0.05) is 29.4 Å². The van der Waals surface area contributed by atoms with Crippen molar-refractivity contribution in [3.8, 4) is 0 Å². The summed E-state index contributed by atoms with van der Waals surface area (Å²) in [6.45, 7) is 0.675. The van der Waals surface area contributed by atoms with Crippen molar-refractivity contribution in [2.45, 2.75) is 13.1 Å². The molecule has 2 aromatic rings. The van der Waals surface area contributed by atoms with Gasteiger partial charge >= 0.3 is 0 Å². The Morgan fingerprint density at radius 2 is 2.28 bits per heavy atom. The molecule has 6 nitrogen and oxygen atoms in total. The first-order valence-electron chi connectivity index (χ1n) is 5.24. The Labute approximate surface area is 108 Å². The van der Waals surface area contributed by atoms with Crippen LogP contribution in [0.15, 0.2) is 30.6 Å². The summed E-state index contributed by atoms with van der Waals surface area (Å²) < 4.78 is 1.60. The van der Waals surface area contributed by atoms with Gasteiger partial charge in [-0.2, -0.15) is 5.10 Å². The van der Waals surface area contributed by atoms with E-state index in [2.05, 4.69) is 5.10 Å². The number of nitrogens with zero attached hydrogens (tertiary/aromatic N) is 3. The van der Waals surface area contributed by atoms with Gasteiger partial charge in [-0.25, -0.2) is 0 Å². The van der Waals surface area contributed by atoms with E-state index in [1.54, 1.807) is 23.1 Å². The first kappa shape index (κ1) is 12.5. The minimum Gasteiger partial charge on any atom is -0.326 e. The van der Waals surface area contributed by atoms with Gasteiger partial charge in [0.25, 0.3) is 5.69 Å². The highest BCUT2D eigenvalue weighted by atomic mass is 35.5. The highest BCUT2D eigenvalue weighted by Gasteiger charge is 2.14. The fraction of sp³-hybridized carbons (Fsp3) is 0.182. The predicted octanol–water partition coefficient (Wildman–Crippen LogP) is 1.95. The topological polar surface area (TPSA) is 87.0 Å². The number of hydrogen-bond donors (Lipinski definition) is 1. The maximum atomic E-state index is 10.9. The molecule has 1 heterocycles. The molecule has 0 saturated carbocycles. The Kier molecular flexibility index (Phi) is 3.59. The van der Waals surface area contributed by atoms with E-state index in [0.29, 0.717) is 17.1 Å². The van der Waals surface area contributed by atoms with E-state index >= 15 is 0 Å². The fourth-order valence-corrected chi connectivity index (χ4v) is 1.83. The molecule has 0 saturated heterocycles. The van der Waals surface area contributed by atoms with Crippen LogP contribution in [0.2, 0.25) is 5.02 Å². The number of hydrogen-bond acceptors (Lipinski definition) is 4. The van der Waals surface area contributed by atoms with Crippen LogP contribution < -0.4 is 5.73 Å². The maximum absolute atomic E-state index is 10.9. The van der Waals surface area contributed by atoms with Crippen molar-refractivity contribution in [1.82, 2.24) is 9.78 Å². The van der Waals surface area contributed by atoms with Crippen LogP contribution in [0.3, 0.4) is 0 Å². The summed E-state index contributed by atoms with van der Waals surface area (Å²) in [5, 5.41) is 15.4. The quantitative estimate of drug-likeness (QED) is 0.677. The minimum absolute atomic E-state index is 0.0317. The molecule has 94 valence electrons. The lowest BCUT2D eigenvalue weighted by Crippen LogP contribution is -2.03. The maximum Gasteiger partial charge on any atom is 0.274 e. The van der Waals surface area contributed by atoms with Crippen LogP contribution in [0.5, 0.6) is 0 Å². The van der Waals surface area contributed by atoms with E-state index in [-0.39, 0.29) is 12.2 Å². The molecule has 0 radical (unpaired) electrons. The van der Waals surface area contributed by atoms with Gasteiger partial charge in [0.15, 0.2) is 0 Å². The van der Waals surface area contributed by atoms with E-state index in [9.17, 15) is 10.1 Å². The zero-order valence-corrected chi connectivity index (χ0v) is 10.2. The van der Waals surface area contributed by atoms with Crippen LogP contribution in [0, 0.1) is 10.1 Å². The summed E-state index contributed by atoms with van der Waals surface area (Å²) in [6.07, 6.45) is 3.39. The number of nitro groups is 1. The monoisotopic (exact) mass is 266 g/mol. The van der Waals surface area contributed by atoms with Crippen LogP contribution in [0.25, 0.3) is 0 Å². The average Bonchev–Trinajstić information content (AvgIpc) is 2.76. The summed E-state index contributed by atoms with van der Waals surface area (Å²) in [7, 11) is 0. The van der Waals surface area contributed by atoms with E-state index < -0.39 is 4.92 Å². The predicted molar refractivity (Wildman–Crippen MR) is 67.3 cm³/mol. The zero-order chi connectivity index (χ0) is 13.1. The fourth-order valence-electron chi connectivity index (χ4n) is 1.63. The van der Waals surface area contributed by atoms with Crippen molar-refractivity contribution in [3.05, 3.63) is 56.9 Å². The Morgan fingerprint density at radius 1 is 1.50 bits per heavy atom. The molecule has 0 aliphatic rings. The third kappa shape index (κ3) is 2.66. The molecule has 1 aromatic carbocycles. The second-order valence-corrected chi connectivity index (χ2v) is 4.22. The SMILES string of the molecule is NCc1cnn(Cc2cc(Cl)ccc2[N+](=O)[O-])c1. The lowest BCUT2D eigenvalue weighted by molar-refractivity contribution is -0.385. The smallest absolute Gasteiger partial charge is 0.274 e. The van der Waals surface area contributed by atoms with Crippen LogP contribution in [0.1, 0.15) is 11.1 Å². The van der Waals surface area contributed by atoms with Crippen molar-refractivity contribution in [2.24, 2.45) is 5.73 Å². The second-order valence-electron chi connectivity index (χ2n) is 3.78. The summed E-state index contributed by atoms with van der Waals surface area (Å²) in [6, 6.07) is 4.46. The Hall–Kier alpha value is -1.92. The van der Waals surface area contributed by atoms with E-state index in [1.165, 1.54) is 12.1 Å². The first-order valence-corrected chi connectivity index (χ1v) is 5.62. The van der Waals surface area contributed by atoms with Gasteiger partial charge in [0.05, 0.1) is 23.2 Å². The lowest BCUT2D eigenvalue weighted by atomic mass is 10.2. The second kappa shape index (κ2) is 5.16. The molecule has 18 heavy (non-hydrogen) atoms. The van der Waals surface area contributed by atoms with Gasteiger partial charge in [0.1, 0.15) is 0 Å². The summed E-state index contributed by atoms with van der Waals surface area (Å²) in [5.41, 5.74) is 6.90. The van der Waals surface area contributed by atoms with Gasteiger partial charge < -0.3 is 5.73 Å². The van der Waals surface area contributed by atoms with Crippen molar-refractivity contribution >= 4 is 17.3 Å². The summed E-state index contributed by atoms with van der Waals surface area (Å²) in [4.78, 5) is 10.5. The number of rotatable bonds is 4. The molecule has 0 spiro atoms. The van der Waals surface area contributed by atoms with E-state index in [1.807, 2.05) is 0 Å². The Balaban J connectivity index is 2.32. The van der Waals surface area contributed by atoms with Crippen molar-refractivity contribution in [3.63, 3.8) is 0 Å². The molecule has 0 amide bonds. The molecule has 1 aromatic heterocycles. The van der Waals surface area contributed by atoms with E-state index in [4.69, 9.17) is 17.3 Å². The molecule has 7 heteroatoms. The molecule has 0 fully saturated rings. The molecule has 2 rings (SSSR count).